The standard InChI is InChI=1S/C36H35N5O3S/c1-3-24(22-40-23-33(38-39-40)36(43,26-10-6-4-7-11-26)27-12-8-5-9-13-27)25-17-19-41-32(20-25)34(45-35(41)42)29-16-18-37-31-15-14-28(44-2)21-30(29)31/h3-16,18,21,23-25,32,34,43H,1,17,19-20,22H2,2H3/t24-,25-,32-,34-/m0/s1. The topological polar surface area (TPSA) is 93.4 Å². The molecule has 5 aromatic rings. The Labute approximate surface area is 266 Å². The number of piperidine rings is 1. The Morgan fingerprint density at radius 2 is 1.82 bits per heavy atom. The van der Waals surface area contributed by atoms with E-state index in [9.17, 15) is 9.90 Å². The van der Waals surface area contributed by atoms with E-state index in [0.29, 0.717) is 24.7 Å². The van der Waals surface area contributed by atoms with Crippen molar-refractivity contribution in [2.24, 2.45) is 11.8 Å². The highest BCUT2D eigenvalue weighted by molar-refractivity contribution is 8.14. The van der Waals surface area contributed by atoms with Crippen molar-refractivity contribution in [1.82, 2.24) is 24.9 Å². The van der Waals surface area contributed by atoms with Crippen LogP contribution < -0.4 is 4.74 Å². The van der Waals surface area contributed by atoms with E-state index in [1.165, 1.54) is 11.8 Å². The normalized spacial score (nSPS) is 20.6. The highest BCUT2D eigenvalue weighted by Crippen LogP contribution is 2.50. The van der Waals surface area contributed by atoms with E-state index in [0.717, 1.165) is 46.2 Å². The molecule has 0 spiro atoms. The summed E-state index contributed by atoms with van der Waals surface area (Å²) in [5.74, 6) is 1.18. The number of methoxy groups -OCH3 is 1. The van der Waals surface area contributed by atoms with E-state index in [2.05, 4.69) is 21.9 Å². The Balaban J connectivity index is 1.15. The lowest BCUT2D eigenvalue weighted by molar-refractivity contribution is 0.120. The van der Waals surface area contributed by atoms with Crippen LogP contribution in [0, 0.1) is 11.8 Å². The minimum absolute atomic E-state index is 0.00639. The van der Waals surface area contributed by atoms with Gasteiger partial charge < -0.3 is 14.7 Å². The monoisotopic (exact) mass is 617 g/mol. The Morgan fingerprint density at radius 3 is 2.51 bits per heavy atom. The van der Waals surface area contributed by atoms with Crippen LogP contribution in [-0.2, 0) is 12.1 Å². The Bertz CT molecular complexity index is 1790. The van der Waals surface area contributed by atoms with E-state index in [4.69, 9.17) is 4.74 Å². The maximum absolute atomic E-state index is 13.2. The van der Waals surface area contributed by atoms with Crippen LogP contribution in [0.15, 0.2) is 110 Å². The van der Waals surface area contributed by atoms with Gasteiger partial charge in [-0.25, -0.2) is 0 Å². The van der Waals surface area contributed by atoms with E-state index < -0.39 is 5.60 Å². The first-order valence-corrected chi connectivity index (χ1v) is 16.1. The van der Waals surface area contributed by atoms with Gasteiger partial charge in [0.15, 0.2) is 5.60 Å². The predicted octanol–water partition coefficient (Wildman–Crippen LogP) is 6.61. The van der Waals surface area contributed by atoms with Crippen molar-refractivity contribution in [2.75, 3.05) is 13.7 Å². The van der Waals surface area contributed by atoms with E-state index in [-0.39, 0.29) is 22.4 Å². The first-order chi connectivity index (χ1) is 22.0. The quantitative estimate of drug-likeness (QED) is 0.186. The number of thioether (sulfide) groups is 1. The van der Waals surface area contributed by atoms with Gasteiger partial charge in [0.25, 0.3) is 5.24 Å². The molecule has 2 aromatic heterocycles. The van der Waals surface area contributed by atoms with Crippen molar-refractivity contribution in [3.63, 3.8) is 0 Å². The number of amides is 1. The molecule has 2 aliphatic rings. The summed E-state index contributed by atoms with van der Waals surface area (Å²) in [6.45, 7) is 5.49. The minimum atomic E-state index is -1.44. The van der Waals surface area contributed by atoms with Crippen LogP contribution in [0.5, 0.6) is 5.75 Å². The number of aromatic nitrogens is 4. The molecular formula is C36H35N5O3S. The lowest BCUT2D eigenvalue weighted by atomic mass is 9.79. The molecule has 1 amide bonds. The van der Waals surface area contributed by atoms with Gasteiger partial charge in [-0.2, -0.15) is 0 Å². The Hall–Kier alpha value is -4.47. The number of carbonyl (C=O) groups excluding carboxylic acids is 1. The smallest absolute Gasteiger partial charge is 0.282 e. The molecule has 1 N–H and O–H groups in total. The first kappa shape index (κ1) is 29.3. The zero-order valence-electron chi connectivity index (χ0n) is 25.1. The molecule has 0 unspecified atom stereocenters. The molecule has 0 saturated carbocycles. The minimum Gasteiger partial charge on any atom is -0.497 e. The number of aliphatic hydroxyl groups is 1. The van der Waals surface area contributed by atoms with Crippen molar-refractivity contribution in [3.05, 3.63) is 132 Å². The third-order valence-corrected chi connectivity index (χ3v) is 10.6. The highest BCUT2D eigenvalue weighted by atomic mass is 32.2. The fourth-order valence-electron chi connectivity index (χ4n) is 6.98. The average Bonchev–Trinajstić information content (AvgIpc) is 3.71. The molecule has 2 fully saturated rings. The van der Waals surface area contributed by atoms with E-state index in [1.54, 1.807) is 7.11 Å². The van der Waals surface area contributed by atoms with Crippen LogP contribution >= 0.6 is 11.8 Å². The predicted molar refractivity (Wildman–Crippen MR) is 176 cm³/mol. The summed E-state index contributed by atoms with van der Waals surface area (Å²) in [5.41, 5.74) is 2.49. The van der Waals surface area contributed by atoms with Crippen LogP contribution in [0.4, 0.5) is 4.79 Å². The van der Waals surface area contributed by atoms with Crippen LogP contribution in [-0.4, -0.2) is 54.9 Å². The fraction of sp³-hybridized carbons (Fsp3) is 0.278. The van der Waals surface area contributed by atoms with Gasteiger partial charge in [-0.3, -0.25) is 14.5 Å². The van der Waals surface area contributed by atoms with Gasteiger partial charge in [-0.1, -0.05) is 83.7 Å². The fourth-order valence-corrected chi connectivity index (χ4v) is 8.31. The second kappa shape index (κ2) is 12.1. The molecule has 228 valence electrons. The number of benzene rings is 3. The van der Waals surface area contributed by atoms with Crippen molar-refractivity contribution in [3.8, 4) is 5.75 Å². The van der Waals surface area contributed by atoms with Crippen LogP contribution in [0.3, 0.4) is 0 Å². The van der Waals surface area contributed by atoms with Gasteiger partial charge in [0.1, 0.15) is 11.4 Å². The zero-order valence-corrected chi connectivity index (χ0v) is 25.9. The summed E-state index contributed by atoms with van der Waals surface area (Å²) in [4.78, 5) is 19.8. The Kier molecular flexibility index (Phi) is 7.89. The lowest BCUT2D eigenvalue weighted by Gasteiger charge is -2.39. The zero-order chi connectivity index (χ0) is 31.0. The molecule has 3 aromatic carbocycles. The number of rotatable bonds is 9. The van der Waals surface area contributed by atoms with Crippen LogP contribution in [0.2, 0.25) is 0 Å². The third-order valence-electron chi connectivity index (χ3n) is 9.38. The molecule has 9 heteroatoms. The third kappa shape index (κ3) is 5.30. The second-order valence-corrected chi connectivity index (χ2v) is 12.9. The largest absolute Gasteiger partial charge is 0.497 e. The van der Waals surface area contributed by atoms with Gasteiger partial charge >= 0.3 is 0 Å². The van der Waals surface area contributed by atoms with Crippen LogP contribution in [0.25, 0.3) is 10.9 Å². The maximum Gasteiger partial charge on any atom is 0.282 e. The van der Waals surface area contributed by atoms with Gasteiger partial charge in [0.2, 0.25) is 0 Å². The number of hydrogen-bond acceptors (Lipinski definition) is 7. The first-order valence-electron chi connectivity index (χ1n) is 15.3. The molecule has 4 atom stereocenters. The molecule has 0 bridgehead atoms. The number of carbonyl (C=O) groups is 1. The number of pyridine rings is 1. The number of nitrogens with zero attached hydrogens (tertiary/aromatic N) is 5. The van der Waals surface area contributed by atoms with Gasteiger partial charge in [0.05, 0.1) is 24.1 Å². The van der Waals surface area contributed by atoms with Crippen LogP contribution in [0.1, 0.15) is 40.5 Å². The second-order valence-electron chi connectivity index (χ2n) is 11.8. The summed E-state index contributed by atoms with van der Waals surface area (Å²) in [6.07, 6.45) is 7.43. The molecule has 2 saturated heterocycles. The van der Waals surface area contributed by atoms with Gasteiger partial charge in [0, 0.05) is 30.7 Å². The molecule has 2 aliphatic heterocycles. The van der Waals surface area contributed by atoms with Crippen molar-refractivity contribution in [2.45, 2.75) is 36.3 Å². The van der Waals surface area contributed by atoms with E-state index >= 15 is 0 Å². The van der Waals surface area contributed by atoms with E-state index in [1.807, 2.05) is 113 Å². The number of hydrogen-bond donors (Lipinski definition) is 1. The molecular weight excluding hydrogens is 582 g/mol. The molecule has 4 heterocycles. The Morgan fingerprint density at radius 1 is 1.09 bits per heavy atom. The molecule has 45 heavy (non-hydrogen) atoms. The summed E-state index contributed by atoms with van der Waals surface area (Å²) in [6, 6.07) is 27.2. The average molecular weight is 618 g/mol. The summed E-state index contributed by atoms with van der Waals surface area (Å²) < 4.78 is 7.33. The van der Waals surface area contributed by atoms with Gasteiger partial charge in [-0.15, -0.1) is 11.7 Å². The maximum atomic E-state index is 13.2. The molecule has 7 rings (SSSR count). The number of allylic oxidation sites excluding steroid dienone is 1. The SMILES string of the molecule is C=C[C@@H](Cn1cc(C(O)(c2ccccc2)c2ccccc2)nn1)[C@H]1CCN2C(=O)S[C@@H](c3ccnc4ccc(OC)cc34)[C@@H]2C1. The molecule has 0 radical (unpaired) electrons. The highest BCUT2D eigenvalue weighted by Gasteiger charge is 2.46. The summed E-state index contributed by atoms with van der Waals surface area (Å²) >= 11 is 1.42. The summed E-state index contributed by atoms with van der Waals surface area (Å²) in [5, 5.41) is 22.3. The number of ether oxygens (including phenoxy) is 1. The van der Waals surface area contributed by atoms with Crippen molar-refractivity contribution < 1.29 is 14.6 Å². The summed E-state index contributed by atoms with van der Waals surface area (Å²) in [7, 11) is 1.66. The van der Waals surface area contributed by atoms with Gasteiger partial charge in [-0.05, 0) is 65.6 Å². The lowest BCUT2D eigenvalue weighted by Crippen LogP contribution is -2.43. The van der Waals surface area contributed by atoms with Crippen molar-refractivity contribution >= 4 is 27.9 Å². The number of fused-ring (bicyclic) bond motifs is 2. The van der Waals surface area contributed by atoms with Crippen molar-refractivity contribution in [1.29, 1.82) is 0 Å². The molecule has 0 aliphatic carbocycles. The molecule has 8 nitrogen and oxygen atoms in total.